The van der Waals surface area contributed by atoms with Crippen molar-refractivity contribution in [2.45, 2.75) is 81.7 Å². The fourth-order valence-electron chi connectivity index (χ4n) is 6.61. The van der Waals surface area contributed by atoms with Crippen molar-refractivity contribution in [3.63, 3.8) is 0 Å². The van der Waals surface area contributed by atoms with E-state index in [1.807, 2.05) is 12.1 Å². The summed E-state index contributed by atoms with van der Waals surface area (Å²) in [6.45, 7) is 2.96. The maximum Gasteiger partial charge on any atom is 0.237 e. The quantitative estimate of drug-likeness (QED) is 0.625. The number of nitrogens with zero attached hydrogens (tertiary/aromatic N) is 3. The maximum atomic E-state index is 13.7. The molecule has 188 valence electrons. The first-order valence-electron chi connectivity index (χ1n) is 13.1. The van der Waals surface area contributed by atoms with Crippen molar-refractivity contribution < 1.29 is 14.0 Å². The summed E-state index contributed by atoms with van der Waals surface area (Å²) in [5, 5.41) is 16.0. The van der Waals surface area contributed by atoms with Crippen LogP contribution in [0.2, 0.25) is 0 Å². The SMILES string of the molecule is N#C[C@@H]1C[C@H](F)CN1C(=O)CNC12CCC(C(=O)N[C@H]3CCN(Cc4ccccc4)C3)(CC1)CC2. The Morgan fingerprint density at radius 2 is 1.80 bits per heavy atom. The number of fused-ring (bicyclic) bond motifs is 3. The maximum absolute atomic E-state index is 13.7. The second kappa shape index (κ2) is 9.87. The fourth-order valence-corrected chi connectivity index (χ4v) is 6.61. The minimum atomic E-state index is -1.12. The summed E-state index contributed by atoms with van der Waals surface area (Å²) in [4.78, 5) is 29.8. The molecule has 2 aliphatic heterocycles. The molecule has 2 N–H and O–H groups in total. The number of alkyl halides is 1. The van der Waals surface area contributed by atoms with Gasteiger partial charge in [0.05, 0.1) is 19.2 Å². The first-order chi connectivity index (χ1) is 16.9. The lowest BCUT2D eigenvalue weighted by atomic mass is 9.57. The summed E-state index contributed by atoms with van der Waals surface area (Å²) in [5.74, 6) is 0.00359. The van der Waals surface area contributed by atoms with Crippen LogP contribution in [-0.4, -0.2) is 71.6 Å². The highest BCUT2D eigenvalue weighted by Crippen LogP contribution is 2.52. The number of carbonyl (C=O) groups excluding carboxylic acids is 2. The minimum absolute atomic E-state index is 0.0129. The van der Waals surface area contributed by atoms with E-state index in [4.69, 9.17) is 0 Å². The molecule has 1 aromatic carbocycles. The molecule has 2 heterocycles. The molecule has 2 bridgehead atoms. The Kier molecular flexibility index (Phi) is 6.82. The van der Waals surface area contributed by atoms with E-state index in [2.05, 4.69) is 39.8 Å². The zero-order chi connectivity index (χ0) is 24.5. The third kappa shape index (κ3) is 5.07. The van der Waals surface area contributed by atoms with Gasteiger partial charge < -0.3 is 15.5 Å². The van der Waals surface area contributed by atoms with Crippen molar-refractivity contribution in [3.8, 4) is 6.07 Å². The largest absolute Gasteiger partial charge is 0.352 e. The average molecular weight is 482 g/mol. The number of rotatable bonds is 7. The molecule has 2 amide bonds. The Hall–Kier alpha value is -2.50. The van der Waals surface area contributed by atoms with Crippen LogP contribution in [0.1, 0.15) is 56.9 Å². The normalized spacial score (nSPS) is 34.6. The first-order valence-corrected chi connectivity index (χ1v) is 13.1. The Balaban J connectivity index is 1.09. The third-order valence-electron chi connectivity index (χ3n) is 8.92. The topological polar surface area (TPSA) is 88.5 Å². The van der Waals surface area contributed by atoms with Crippen LogP contribution in [0.15, 0.2) is 30.3 Å². The monoisotopic (exact) mass is 481 g/mol. The average Bonchev–Trinajstić information content (AvgIpc) is 3.50. The molecule has 2 saturated heterocycles. The second-order valence-electron chi connectivity index (χ2n) is 11.1. The van der Waals surface area contributed by atoms with E-state index in [9.17, 15) is 19.2 Å². The van der Waals surface area contributed by atoms with E-state index in [1.54, 1.807) is 0 Å². The van der Waals surface area contributed by atoms with Crippen LogP contribution in [0.3, 0.4) is 0 Å². The minimum Gasteiger partial charge on any atom is -0.352 e. The van der Waals surface area contributed by atoms with Crippen molar-refractivity contribution in [1.82, 2.24) is 20.4 Å². The summed E-state index contributed by atoms with van der Waals surface area (Å²) >= 11 is 0. The number of hydrogen-bond donors (Lipinski definition) is 2. The lowest BCUT2D eigenvalue weighted by Crippen LogP contribution is -2.60. The van der Waals surface area contributed by atoms with Crippen molar-refractivity contribution >= 4 is 11.8 Å². The van der Waals surface area contributed by atoms with Gasteiger partial charge >= 0.3 is 0 Å². The predicted molar refractivity (Wildman–Crippen MR) is 130 cm³/mol. The number of carbonyl (C=O) groups is 2. The number of hydrogen-bond acceptors (Lipinski definition) is 5. The van der Waals surface area contributed by atoms with Gasteiger partial charge in [0.1, 0.15) is 12.2 Å². The molecule has 5 aliphatic rings. The molecule has 0 aromatic heterocycles. The summed E-state index contributed by atoms with van der Waals surface area (Å²) in [6.07, 6.45) is 5.07. The molecule has 3 atom stereocenters. The zero-order valence-corrected chi connectivity index (χ0v) is 20.3. The van der Waals surface area contributed by atoms with E-state index in [1.165, 1.54) is 10.5 Å². The van der Waals surface area contributed by atoms with Crippen LogP contribution >= 0.6 is 0 Å². The number of benzene rings is 1. The zero-order valence-electron chi connectivity index (χ0n) is 20.3. The van der Waals surface area contributed by atoms with Gasteiger partial charge in [-0.15, -0.1) is 0 Å². The molecule has 7 nitrogen and oxygen atoms in total. The van der Waals surface area contributed by atoms with Crippen molar-refractivity contribution in [2.75, 3.05) is 26.2 Å². The molecule has 1 aromatic rings. The van der Waals surface area contributed by atoms with Gasteiger partial charge in [0.25, 0.3) is 0 Å². The predicted octanol–water partition coefficient (Wildman–Crippen LogP) is 2.52. The highest BCUT2D eigenvalue weighted by atomic mass is 19.1. The van der Waals surface area contributed by atoms with Gasteiger partial charge in [0, 0.05) is 43.1 Å². The molecule has 35 heavy (non-hydrogen) atoms. The van der Waals surface area contributed by atoms with Gasteiger partial charge in [-0.3, -0.25) is 14.5 Å². The van der Waals surface area contributed by atoms with Crippen molar-refractivity contribution in [1.29, 1.82) is 5.26 Å². The number of amides is 2. The van der Waals surface area contributed by atoms with Gasteiger partial charge in [-0.05, 0) is 50.5 Å². The molecule has 0 radical (unpaired) electrons. The lowest BCUT2D eigenvalue weighted by molar-refractivity contribution is -0.140. The molecule has 3 aliphatic carbocycles. The summed E-state index contributed by atoms with van der Waals surface area (Å²) in [6, 6.07) is 12.0. The Morgan fingerprint density at radius 1 is 1.09 bits per heavy atom. The van der Waals surface area contributed by atoms with Gasteiger partial charge in [0.15, 0.2) is 0 Å². The molecule has 6 rings (SSSR count). The lowest BCUT2D eigenvalue weighted by Gasteiger charge is -2.53. The Morgan fingerprint density at radius 3 is 2.49 bits per heavy atom. The summed E-state index contributed by atoms with van der Waals surface area (Å²) in [7, 11) is 0. The van der Waals surface area contributed by atoms with E-state index < -0.39 is 12.2 Å². The van der Waals surface area contributed by atoms with E-state index in [0.717, 1.165) is 64.6 Å². The summed E-state index contributed by atoms with van der Waals surface area (Å²) in [5.41, 5.74) is 0.884. The van der Waals surface area contributed by atoms with E-state index in [0.29, 0.717) is 0 Å². The van der Waals surface area contributed by atoms with E-state index in [-0.39, 0.29) is 48.3 Å². The molecular formula is C27H36FN5O2. The first kappa shape index (κ1) is 24.2. The van der Waals surface area contributed by atoms with Crippen LogP contribution in [0.25, 0.3) is 0 Å². The van der Waals surface area contributed by atoms with Crippen molar-refractivity contribution in [3.05, 3.63) is 35.9 Å². The van der Waals surface area contributed by atoms with Gasteiger partial charge in [-0.1, -0.05) is 30.3 Å². The smallest absolute Gasteiger partial charge is 0.237 e. The van der Waals surface area contributed by atoms with Crippen LogP contribution in [0.5, 0.6) is 0 Å². The highest BCUT2D eigenvalue weighted by Gasteiger charge is 2.52. The third-order valence-corrected chi connectivity index (χ3v) is 8.92. The molecule has 3 saturated carbocycles. The molecule has 8 heteroatoms. The van der Waals surface area contributed by atoms with Crippen LogP contribution in [0.4, 0.5) is 4.39 Å². The Bertz CT molecular complexity index is 955. The Labute approximate surface area is 207 Å². The molecule has 5 fully saturated rings. The van der Waals surface area contributed by atoms with Crippen molar-refractivity contribution in [2.24, 2.45) is 5.41 Å². The molecule has 0 unspecified atom stereocenters. The standard InChI is InChI=1S/C27H36FN5O2/c28-21-14-23(15-29)33(18-21)24(34)16-30-27-10-7-26(8-11-27,9-12-27)25(35)31-22-6-13-32(19-22)17-20-4-2-1-3-5-20/h1-5,21-23,30H,6-14,16-19H2,(H,31,35)/t21-,22-,23-,26?,27?/m0/s1. The number of halogens is 1. The second-order valence-corrected chi connectivity index (χ2v) is 11.1. The fraction of sp³-hybridized carbons (Fsp3) is 0.667. The van der Waals surface area contributed by atoms with Crippen LogP contribution < -0.4 is 10.6 Å². The molecule has 0 spiro atoms. The highest BCUT2D eigenvalue weighted by molar-refractivity contribution is 5.83. The van der Waals surface area contributed by atoms with Gasteiger partial charge in [-0.2, -0.15) is 5.26 Å². The molecular weight excluding hydrogens is 445 g/mol. The van der Waals surface area contributed by atoms with Crippen LogP contribution in [0, 0.1) is 16.7 Å². The summed E-state index contributed by atoms with van der Waals surface area (Å²) < 4.78 is 13.7. The van der Waals surface area contributed by atoms with Crippen LogP contribution in [-0.2, 0) is 16.1 Å². The van der Waals surface area contributed by atoms with Gasteiger partial charge in [0.2, 0.25) is 11.8 Å². The number of likely N-dealkylation sites (tertiary alicyclic amines) is 2. The van der Waals surface area contributed by atoms with Gasteiger partial charge in [-0.25, -0.2) is 4.39 Å². The number of nitriles is 1. The number of nitrogens with one attached hydrogen (secondary N) is 2. The van der Waals surface area contributed by atoms with E-state index >= 15 is 0 Å².